The van der Waals surface area contributed by atoms with Crippen molar-refractivity contribution in [1.29, 1.82) is 0 Å². The second kappa shape index (κ2) is 9.78. The summed E-state index contributed by atoms with van der Waals surface area (Å²) < 4.78 is 7.91. The van der Waals surface area contributed by atoms with Gasteiger partial charge in [0.15, 0.2) is 0 Å². The summed E-state index contributed by atoms with van der Waals surface area (Å²) in [6, 6.07) is 15.4. The molecule has 1 aliphatic rings. The molecular weight excluding hydrogens is 468 g/mol. The van der Waals surface area contributed by atoms with E-state index in [0.717, 1.165) is 40.7 Å². The zero-order chi connectivity index (χ0) is 23.7. The van der Waals surface area contributed by atoms with Crippen molar-refractivity contribution in [2.75, 3.05) is 45.2 Å². The van der Waals surface area contributed by atoms with Crippen LogP contribution in [-0.4, -0.2) is 54.8 Å². The molecule has 0 N–H and O–H groups in total. The molecule has 2 aromatic heterocycles. The molecule has 1 saturated heterocycles. The van der Waals surface area contributed by atoms with E-state index in [1.807, 2.05) is 48.5 Å². The van der Waals surface area contributed by atoms with Gasteiger partial charge in [0.2, 0.25) is 0 Å². The molecule has 6 nitrogen and oxygen atoms in total. The summed E-state index contributed by atoms with van der Waals surface area (Å²) in [6.07, 6.45) is 4.18. The Balaban J connectivity index is 1.43. The number of anilines is 1. The van der Waals surface area contributed by atoms with Gasteiger partial charge in [-0.2, -0.15) is 0 Å². The van der Waals surface area contributed by atoms with Crippen LogP contribution < -0.4 is 15.2 Å². The Morgan fingerprint density at radius 2 is 1.88 bits per heavy atom. The Morgan fingerprint density at radius 3 is 2.62 bits per heavy atom. The van der Waals surface area contributed by atoms with E-state index in [1.165, 1.54) is 37.3 Å². The molecule has 3 heterocycles. The smallest absolute Gasteiger partial charge is 0.275 e. The molecule has 1 aliphatic heterocycles. The molecule has 0 spiro atoms. The molecule has 0 aliphatic carbocycles. The second-order valence-electron chi connectivity index (χ2n) is 8.58. The van der Waals surface area contributed by atoms with Gasteiger partial charge in [0, 0.05) is 36.1 Å². The van der Waals surface area contributed by atoms with Crippen LogP contribution in [0.1, 0.15) is 12.8 Å². The molecule has 0 radical (unpaired) electrons. The Labute approximate surface area is 208 Å². The number of halogens is 1. The molecule has 8 heteroatoms. The predicted octanol–water partition coefficient (Wildman–Crippen LogP) is 5.31. The summed E-state index contributed by atoms with van der Waals surface area (Å²) >= 11 is 7.46. The number of methoxy groups -OCH3 is 1. The van der Waals surface area contributed by atoms with E-state index in [1.54, 1.807) is 18.0 Å². The van der Waals surface area contributed by atoms with Crippen molar-refractivity contribution < 1.29 is 4.74 Å². The van der Waals surface area contributed by atoms with Crippen molar-refractivity contribution in [2.45, 2.75) is 12.8 Å². The Kier molecular flexibility index (Phi) is 6.59. The van der Waals surface area contributed by atoms with Crippen LogP contribution in [0.3, 0.4) is 0 Å². The van der Waals surface area contributed by atoms with E-state index in [-0.39, 0.29) is 5.56 Å². The zero-order valence-corrected chi connectivity index (χ0v) is 20.9. The van der Waals surface area contributed by atoms with E-state index in [9.17, 15) is 4.79 Å². The Hall–Kier alpha value is -2.87. The van der Waals surface area contributed by atoms with Gasteiger partial charge < -0.3 is 14.5 Å². The topological polar surface area (TPSA) is 50.6 Å². The molecule has 5 rings (SSSR count). The number of benzene rings is 2. The quantitative estimate of drug-likeness (QED) is 0.348. The van der Waals surface area contributed by atoms with Gasteiger partial charge in [-0.05, 0) is 61.8 Å². The highest BCUT2D eigenvalue weighted by molar-refractivity contribution is 7.22. The van der Waals surface area contributed by atoms with Gasteiger partial charge in [-0.15, -0.1) is 11.3 Å². The fourth-order valence-corrected chi connectivity index (χ4v) is 5.57. The molecule has 0 unspecified atom stereocenters. The molecule has 0 saturated carbocycles. The summed E-state index contributed by atoms with van der Waals surface area (Å²) in [5, 5.41) is 0.685. The first-order valence-electron chi connectivity index (χ1n) is 11.4. The molecule has 0 amide bonds. The number of rotatable bonds is 7. The number of ether oxygens (including phenoxy) is 1. The summed E-state index contributed by atoms with van der Waals surface area (Å²) in [4.78, 5) is 23.6. The van der Waals surface area contributed by atoms with E-state index in [2.05, 4.69) is 21.8 Å². The van der Waals surface area contributed by atoms with Crippen molar-refractivity contribution in [3.63, 3.8) is 0 Å². The van der Waals surface area contributed by atoms with Gasteiger partial charge in [-0.3, -0.25) is 9.36 Å². The molecule has 0 bridgehead atoms. The maximum atomic E-state index is 13.4. The lowest BCUT2D eigenvalue weighted by Gasteiger charge is -2.25. The number of thiophene rings is 1. The van der Waals surface area contributed by atoms with Crippen LogP contribution in [0, 0.1) is 0 Å². The van der Waals surface area contributed by atoms with Gasteiger partial charge >= 0.3 is 0 Å². The molecule has 2 aromatic carbocycles. The lowest BCUT2D eigenvalue weighted by Crippen LogP contribution is -2.31. The highest BCUT2D eigenvalue weighted by Crippen LogP contribution is 2.33. The van der Waals surface area contributed by atoms with Gasteiger partial charge in [-0.1, -0.05) is 23.7 Å². The molecule has 1 fully saturated rings. The maximum Gasteiger partial charge on any atom is 0.275 e. The van der Waals surface area contributed by atoms with Crippen LogP contribution in [0.25, 0.3) is 26.3 Å². The Morgan fingerprint density at radius 1 is 1.12 bits per heavy atom. The number of fused-ring (bicyclic) bond motifs is 1. The average Bonchev–Trinajstić information content (AvgIpc) is 3.53. The minimum atomic E-state index is -0.0904. The summed E-state index contributed by atoms with van der Waals surface area (Å²) in [7, 11) is 3.75. The standard InChI is InChI=1S/C26H27ClN4O2S/c1-29(13-14-30-11-3-4-12-30)22-10-9-20(15-23(22)33-2)31-17-28-21-16-24(34-25(21)26(31)32)18-5-7-19(27)8-6-18/h5-10,15-17H,3-4,11-14H2,1-2H3. The summed E-state index contributed by atoms with van der Waals surface area (Å²) in [5.41, 5.74) is 3.36. The molecule has 34 heavy (non-hydrogen) atoms. The van der Waals surface area contributed by atoms with Crippen molar-refractivity contribution >= 4 is 38.8 Å². The number of likely N-dealkylation sites (N-methyl/N-ethyl adjacent to an activating group) is 1. The largest absolute Gasteiger partial charge is 0.495 e. The molecule has 176 valence electrons. The van der Waals surface area contributed by atoms with Crippen molar-refractivity contribution in [1.82, 2.24) is 14.5 Å². The lowest BCUT2D eigenvalue weighted by atomic mass is 10.2. The van der Waals surface area contributed by atoms with Crippen molar-refractivity contribution in [2.24, 2.45) is 0 Å². The van der Waals surface area contributed by atoms with E-state index < -0.39 is 0 Å². The normalized spacial score (nSPS) is 14.1. The van der Waals surface area contributed by atoms with Crippen LogP contribution in [0.2, 0.25) is 5.02 Å². The van der Waals surface area contributed by atoms with Crippen LogP contribution in [0.5, 0.6) is 5.75 Å². The molecule has 4 aromatic rings. The van der Waals surface area contributed by atoms with Gasteiger partial charge in [-0.25, -0.2) is 4.98 Å². The van der Waals surface area contributed by atoms with E-state index in [4.69, 9.17) is 16.3 Å². The van der Waals surface area contributed by atoms with Crippen LogP contribution in [-0.2, 0) is 0 Å². The summed E-state index contributed by atoms with van der Waals surface area (Å²) in [5.74, 6) is 0.737. The highest BCUT2D eigenvalue weighted by atomic mass is 35.5. The third-order valence-corrected chi connectivity index (χ3v) is 7.78. The maximum absolute atomic E-state index is 13.4. The highest BCUT2D eigenvalue weighted by Gasteiger charge is 2.16. The summed E-state index contributed by atoms with van der Waals surface area (Å²) in [6.45, 7) is 4.33. The van der Waals surface area contributed by atoms with Crippen LogP contribution in [0.15, 0.2) is 59.7 Å². The average molecular weight is 495 g/mol. The lowest BCUT2D eigenvalue weighted by molar-refractivity contribution is 0.346. The molecular formula is C26H27ClN4O2S. The minimum Gasteiger partial charge on any atom is -0.495 e. The zero-order valence-electron chi connectivity index (χ0n) is 19.3. The Bertz CT molecular complexity index is 1360. The number of aromatic nitrogens is 2. The van der Waals surface area contributed by atoms with E-state index in [0.29, 0.717) is 15.2 Å². The number of hydrogen-bond acceptors (Lipinski definition) is 6. The van der Waals surface area contributed by atoms with Gasteiger partial charge in [0.25, 0.3) is 5.56 Å². The van der Waals surface area contributed by atoms with Crippen LogP contribution in [0.4, 0.5) is 5.69 Å². The number of nitrogens with zero attached hydrogens (tertiary/aromatic N) is 4. The first-order chi connectivity index (χ1) is 16.5. The minimum absolute atomic E-state index is 0.0904. The molecule has 0 atom stereocenters. The third kappa shape index (κ3) is 4.56. The van der Waals surface area contributed by atoms with Gasteiger partial charge in [0.05, 0.1) is 24.0 Å². The monoisotopic (exact) mass is 494 g/mol. The third-order valence-electron chi connectivity index (χ3n) is 6.37. The SMILES string of the molecule is COc1cc(-n2cnc3cc(-c4ccc(Cl)cc4)sc3c2=O)ccc1N(C)CCN1CCCC1. The number of likely N-dealkylation sites (tertiary alicyclic amines) is 1. The van der Waals surface area contributed by atoms with Crippen molar-refractivity contribution in [3.8, 4) is 21.9 Å². The number of hydrogen-bond donors (Lipinski definition) is 0. The van der Waals surface area contributed by atoms with E-state index >= 15 is 0 Å². The fraction of sp³-hybridized carbons (Fsp3) is 0.308. The first-order valence-corrected chi connectivity index (χ1v) is 12.6. The van der Waals surface area contributed by atoms with Crippen LogP contribution >= 0.6 is 22.9 Å². The fourth-order valence-electron chi connectivity index (χ4n) is 4.40. The second-order valence-corrected chi connectivity index (χ2v) is 10.1. The predicted molar refractivity (Wildman–Crippen MR) is 141 cm³/mol. The van der Waals surface area contributed by atoms with Gasteiger partial charge in [0.1, 0.15) is 16.8 Å². The first kappa shape index (κ1) is 22.9. The van der Waals surface area contributed by atoms with Crippen molar-refractivity contribution in [3.05, 3.63) is 70.2 Å².